The van der Waals surface area contributed by atoms with E-state index in [1.54, 1.807) is 31.4 Å². The number of aliphatic hydroxyl groups excluding tert-OH is 1. The van der Waals surface area contributed by atoms with Gasteiger partial charge < -0.3 is 19.3 Å². The Morgan fingerprint density at radius 1 is 0.913 bits per heavy atom. The van der Waals surface area contributed by atoms with Gasteiger partial charge in [0, 0.05) is 20.3 Å². The standard InChI is InChI=1S/C18H28O5/c1-21-13-6-7-15-23-18(20)16-8-10-17(11-9-16)22-14-5-3-2-4-12-19/h8-11,19H,2-7,12-15H2,1H3. The van der Waals surface area contributed by atoms with Gasteiger partial charge in [-0.15, -0.1) is 0 Å². The Balaban J connectivity index is 2.20. The number of rotatable bonds is 13. The Hall–Kier alpha value is -1.59. The molecule has 0 atom stereocenters. The van der Waals surface area contributed by atoms with Crippen molar-refractivity contribution in [3.63, 3.8) is 0 Å². The summed E-state index contributed by atoms with van der Waals surface area (Å²) in [4.78, 5) is 11.8. The summed E-state index contributed by atoms with van der Waals surface area (Å²) in [5, 5.41) is 8.69. The van der Waals surface area contributed by atoms with Gasteiger partial charge in [0.2, 0.25) is 0 Å². The predicted octanol–water partition coefficient (Wildman–Crippen LogP) is 3.20. The molecule has 0 unspecified atom stereocenters. The highest BCUT2D eigenvalue weighted by Gasteiger charge is 2.06. The van der Waals surface area contributed by atoms with E-state index < -0.39 is 0 Å². The maximum Gasteiger partial charge on any atom is 0.338 e. The van der Waals surface area contributed by atoms with Crippen molar-refractivity contribution >= 4 is 5.97 Å². The molecule has 23 heavy (non-hydrogen) atoms. The zero-order valence-electron chi connectivity index (χ0n) is 14.0. The fourth-order valence-electron chi connectivity index (χ4n) is 2.04. The first kappa shape index (κ1) is 19.5. The van der Waals surface area contributed by atoms with Crippen molar-refractivity contribution in [3.05, 3.63) is 29.8 Å². The Labute approximate surface area is 138 Å². The maximum atomic E-state index is 11.8. The number of ether oxygens (including phenoxy) is 3. The van der Waals surface area contributed by atoms with E-state index in [9.17, 15) is 4.79 Å². The lowest BCUT2D eigenvalue weighted by Crippen LogP contribution is -2.07. The second kappa shape index (κ2) is 12.9. The second-order valence-corrected chi connectivity index (χ2v) is 5.35. The van der Waals surface area contributed by atoms with E-state index in [2.05, 4.69) is 0 Å². The second-order valence-electron chi connectivity index (χ2n) is 5.35. The lowest BCUT2D eigenvalue weighted by molar-refractivity contribution is 0.0489. The number of carbonyl (C=O) groups is 1. The lowest BCUT2D eigenvalue weighted by atomic mass is 10.2. The van der Waals surface area contributed by atoms with Gasteiger partial charge in [0.25, 0.3) is 0 Å². The molecule has 0 saturated heterocycles. The monoisotopic (exact) mass is 324 g/mol. The summed E-state index contributed by atoms with van der Waals surface area (Å²) in [6.45, 7) is 2.00. The molecule has 5 nitrogen and oxygen atoms in total. The van der Waals surface area contributed by atoms with Crippen molar-refractivity contribution in [3.8, 4) is 5.75 Å². The van der Waals surface area contributed by atoms with Crippen LogP contribution in [0.15, 0.2) is 24.3 Å². The summed E-state index contributed by atoms with van der Waals surface area (Å²) in [6, 6.07) is 7.02. The van der Waals surface area contributed by atoms with Gasteiger partial charge in [-0.3, -0.25) is 0 Å². The number of aliphatic hydroxyl groups is 1. The Bertz CT molecular complexity index is 416. The normalized spacial score (nSPS) is 10.5. The average Bonchev–Trinajstić information content (AvgIpc) is 2.58. The van der Waals surface area contributed by atoms with Gasteiger partial charge in [0.15, 0.2) is 0 Å². The van der Waals surface area contributed by atoms with E-state index in [1.807, 2.05) is 0 Å². The number of esters is 1. The Morgan fingerprint density at radius 2 is 1.57 bits per heavy atom. The average molecular weight is 324 g/mol. The fraction of sp³-hybridized carbons (Fsp3) is 0.611. The molecule has 0 aliphatic carbocycles. The van der Waals surface area contributed by atoms with Gasteiger partial charge in [0.1, 0.15) is 5.75 Å². The van der Waals surface area contributed by atoms with E-state index >= 15 is 0 Å². The van der Waals surface area contributed by atoms with Gasteiger partial charge in [-0.05, 0) is 56.4 Å². The van der Waals surface area contributed by atoms with Gasteiger partial charge in [-0.2, -0.15) is 0 Å². The van der Waals surface area contributed by atoms with E-state index in [0.29, 0.717) is 25.4 Å². The molecule has 1 aromatic rings. The molecule has 0 amide bonds. The molecule has 130 valence electrons. The van der Waals surface area contributed by atoms with E-state index in [0.717, 1.165) is 44.3 Å². The van der Waals surface area contributed by atoms with Crippen LogP contribution in [0.3, 0.4) is 0 Å². The van der Waals surface area contributed by atoms with Crippen molar-refractivity contribution in [2.75, 3.05) is 33.5 Å². The van der Waals surface area contributed by atoms with Crippen LogP contribution in [0.25, 0.3) is 0 Å². The van der Waals surface area contributed by atoms with Gasteiger partial charge in [-0.1, -0.05) is 6.42 Å². The minimum atomic E-state index is -0.307. The summed E-state index contributed by atoms with van der Waals surface area (Å²) in [7, 11) is 1.66. The quantitative estimate of drug-likeness (QED) is 0.446. The van der Waals surface area contributed by atoms with E-state index in [4.69, 9.17) is 19.3 Å². The first-order valence-corrected chi connectivity index (χ1v) is 8.27. The fourth-order valence-corrected chi connectivity index (χ4v) is 2.04. The molecular formula is C18H28O5. The topological polar surface area (TPSA) is 65.0 Å². The molecule has 0 bridgehead atoms. The number of unbranched alkanes of at least 4 members (excludes halogenated alkanes) is 4. The van der Waals surface area contributed by atoms with Crippen molar-refractivity contribution in [1.29, 1.82) is 0 Å². The molecule has 0 radical (unpaired) electrons. The zero-order chi connectivity index (χ0) is 16.8. The lowest BCUT2D eigenvalue weighted by Gasteiger charge is -2.08. The van der Waals surface area contributed by atoms with Crippen molar-refractivity contribution in [2.45, 2.75) is 38.5 Å². The SMILES string of the molecule is COCCCCOC(=O)c1ccc(OCCCCCCO)cc1. The molecular weight excluding hydrogens is 296 g/mol. The summed E-state index contributed by atoms with van der Waals surface area (Å²) in [5.74, 6) is 0.446. The molecule has 1 N–H and O–H groups in total. The van der Waals surface area contributed by atoms with Crippen LogP contribution in [0.4, 0.5) is 0 Å². The molecule has 0 fully saturated rings. The van der Waals surface area contributed by atoms with Crippen molar-refractivity contribution < 1.29 is 24.1 Å². The minimum absolute atomic E-state index is 0.255. The van der Waals surface area contributed by atoms with Gasteiger partial charge in [0.05, 0.1) is 18.8 Å². The van der Waals surface area contributed by atoms with Crippen molar-refractivity contribution in [1.82, 2.24) is 0 Å². The smallest absolute Gasteiger partial charge is 0.338 e. The van der Waals surface area contributed by atoms with Gasteiger partial charge in [-0.25, -0.2) is 4.79 Å². The molecule has 0 aromatic heterocycles. The third-order valence-electron chi connectivity index (χ3n) is 3.39. The number of hydrogen-bond acceptors (Lipinski definition) is 5. The molecule has 5 heteroatoms. The number of benzene rings is 1. The van der Waals surface area contributed by atoms with Crippen LogP contribution in [-0.4, -0.2) is 44.6 Å². The van der Waals surface area contributed by atoms with Crippen LogP contribution in [0.2, 0.25) is 0 Å². The van der Waals surface area contributed by atoms with Crippen LogP contribution in [0.1, 0.15) is 48.9 Å². The Morgan fingerprint density at radius 3 is 2.26 bits per heavy atom. The maximum absolute atomic E-state index is 11.8. The molecule has 0 saturated carbocycles. The predicted molar refractivity (Wildman–Crippen MR) is 88.9 cm³/mol. The third kappa shape index (κ3) is 9.21. The molecule has 0 aliphatic heterocycles. The summed E-state index contributed by atoms with van der Waals surface area (Å²) in [5.41, 5.74) is 0.534. The zero-order valence-corrected chi connectivity index (χ0v) is 14.0. The highest BCUT2D eigenvalue weighted by molar-refractivity contribution is 5.89. The van der Waals surface area contributed by atoms with Crippen molar-refractivity contribution in [2.24, 2.45) is 0 Å². The summed E-state index contributed by atoms with van der Waals surface area (Å²) < 4.78 is 15.8. The van der Waals surface area contributed by atoms with Crippen LogP contribution in [-0.2, 0) is 9.47 Å². The molecule has 1 rings (SSSR count). The Kier molecular flexibility index (Phi) is 10.9. The molecule has 0 aliphatic rings. The van der Waals surface area contributed by atoms with Crippen LogP contribution in [0, 0.1) is 0 Å². The van der Waals surface area contributed by atoms with Crippen LogP contribution >= 0.6 is 0 Å². The number of hydrogen-bond donors (Lipinski definition) is 1. The number of carbonyl (C=O) groups excluding carboxylic acids is 1. The van der Waals surface area contributed by atoms with E-state index in [-0.39, 0.29) is 12.6 Å². The molecule has 0 spiro atoms. The highest BCUT2D eigenvalue weighted by atomic mass is 16.5. The first-order chi connectivity index (χ1) is 11.3. The molecule has 0 heterocycles. The van der Waals surface area contributed by atoms with Crippen LogP contribution in [0.5, 0.6) is 5.75 Å². The largest absolute Gasteiger partial charge is 0.494 e. The van der Waals surface area contributed by atoms with Gasteiger partial charge >= 0.3 is 5.97 Å². The van der Waals surface area contributed by atoms with E-state index in [1.165, 1.54) is 0 Å². The third-order valence-corrected chi connectivity index (χ3v) is 3.39. The first-order valence-electron chi connectivity index (χ1n) is 8.27. The highest BCUT2D eigenvalue weighted by Crippen LogP contribution is 2.14. The molecule has 1 aromatic carbocycles. The van der Waals surface area contributed by atoms with Crippen LogP contribution < -0.4 is 4.74 Å². The number of methoxy groups -OCH3 is 1. The summed E-state index contributed by atoms with van der Waals surface area (Å²) >= 11 is 0. The minimum Gasteiger partial charge on any atom is -0.494 e. The summed E-state index contributed by atoms with van der Waals surface area (Å²) in [6.07, 6.45) is 5.57.